The standard InChI is InChI=1S/C27H27N3O8/c1-15-11-30(24-10-21(32)23(12-31)37-24)27(34)29-26(15)36-13-16-2-5-19(6-3-16)35-14-17-8-25(33)38-22-9-18(28)4-7-20(17)22/h2-9,11,21,23-24,31-32H,10,12-14,28H2,1H3. The zero-order valence-electron chi connectivity index (χ0n) is 20.6. The van der Waals surface area contributed by atoms with E-state index in [1.54, 1.807) is 43.5 Å². The number of ether oxygens (including phenoxy) is 3. The minimum atomic E-state index is -0.855. The number of anilines is 1. The first kappa shape index (κ1) is 25.5. The van der Waals surface area contributed by atoms with Gasteiger partial charge in [-0.25, -0.2) is 9.59 Å². The van der Waals surface area contributed by atoms with Gasteiger partial charge in [-0.1, -0.05) is 12.1 Å². The van der Waals surface area contributed by atoms with E-state index in [2.05, 4.69) is 4.98 Å². The number of nitrogens with two attached hydrogens (primary N) is 1. The summed E-state index contributed by atoms with van der Waals surface area (Å²) in [5.74, 6) is 0.793. The van der Waals surface area contributed by atoms with E-state index in [9.17, 15) is 19.8 Å². The second kappa shape index (κ2) is 10.7. The second-order valence-electron chi connectivity index (χ2n) is 9.10. The van der Waals surface area contributed by atoms with E-state index in [4.69, 9.17) is 24.4 Å². The fourth-order valence-electron chi connectivity index (χ4n) is 4.32. The fraction of sp³-hybridized carbons (Fsp3) is 0.296. The Morgan fingerprint density at radius 3 is 2.63 bits per heavy atom. The van der Waals surface area contributed by atoms with Gasteiger partial charge in [0.1, 0.15) is 36.9 Å². The smallest absolute Gasteiger partial charge is 0.352 e. The highest BCUT2D eigenvalue weighted by Crippen LogP contribution is 2.28. The first-order valence-corrected chi connectivity index (χ1v) is 12.0. The Kier molecular flexibility index (Phi) is 7.14. The van der Waals surface area contributed by atoms with Crippen LogP contribution in [-0.2, 0) is 18.0 Å². The quantitative estimate of drug-likeness (QED) is 0.231. The topological polar surface area (TPSA) is 159 Å². The predicted molar refractivity (Wildman–Crippen MR) is 137 cm³/mol. The van der Waals surface area contributed by atoms with Crippen molar-refractivity contribution in [3.8, 4) is 11.6 Å². The molecular weight excluding hydrogens is 494 g/mol. The predicted octanol–water partition coefficient (Wildman–Crippen LogP) is 2.04. The minimum Gasteiger partial charge on any atom is -0.489 e. The van der Waals surface area contributed by atoms with E-state index in [-0.39, 0.29) is 32.1 Å². The molecule has 5 rings (SSSR count). The van der Waals surface area contributed by atoms with E-state index in [1.807, 2.05) is 12.1 Å². The van der Waals surface area contributed by atoms with Crippen LogP contribution in [-0.4, -0.2) is 38.6 Å². The maximum Gasteiger partial charge on any atom is 0.352 e. The highest BCUT2D eigenvalue weighted by Gasteiger charge is 2.35. The van der Waals surface area contributed by atoms with Crippen LogP contribution in [0.3, 0.4) is 0 Å². The van der Waals surface area contributed by atoms with Crippen molar-refractivity contribution in [2.75, 3.05) is 12.3 Å². The van der Waals surface area contributed by atoms with Gasteiger partial charge < -0.3 is 34.6 Å². The number of aromatic nitrogens is 2. The molecular formula is C27H27N3O8. The number of nitrogen functional groups attached to an aromatic ring is 1. The average Bonchev–Trinajstić information content (AvgIpc) is 3.28. The molecule has 0 bridgehead atoms. The van der Waals surface area contributed by atoms with Crippen molar-refractivity contribution in [1.29, 1.82) is 0 Å². The summed E-state index contributed by atoms with van der Waals surface area (Å²) in [6, 6.07) is 13.7. The van der Waals surface area contributed by atoms with Crippen LogP contribution in [0.4, 0.5) is 5.69 Å². The summed E-state index contributed by atoms with van der Waals surface area (Å²) in [4.78, 5) is 28.5. The Balaban J connectivity index is 1.21. The van der Waals surface area contributed by atoms with Crippen molar-refractivity contribution in [2.24, 2.45) is 0 Å². The largest absolute Gasteiger partial charge is 0.489 e. The molecule has 0 amide bonds. The van der Waals surface area contributed by atoms with Crippen molar-refractivity contribution in [2.45, 2.75) is 45.0 Å². The second-order valence-corrected chi connectivity index (χ2v) is 9.10. The highest BCUT2D eigenvalue weighted by atomic mass is 16.5. The van der Waals surface area contributed by atoms with Crippen LogP contribution in [0.25, 0.3) is 11.0 Å². The third-order valence-corrected chi connectivity index (χ3v) is 6.33. The average molecular weight is 522 g/mol. The van der Waals surface area contributed by atoms with Crippen LogP contribution < -0.4 is 26.5 Å². The lowest BCUT2D eigenvalue weighted by atomic mass is 10.1. The molecule has 1 aliphatic heterocycles. The zero-order valence-corrected chi connectivity index (χ0v) is 20.6. The molecule has 11 heteroatoms. The summed E-state index contributed by atoms with van der Waals surface area (Å²) < 4.78 is 23.7. The van der Waals surface area contributed by atoms with E-state index >= 15 is 0 Å². The Labute approximate surface area is 216 Å². The Morgan fingerprint density at radius 2 is 1.89 bits per heavy atom. The third kappa shape index (κ3) is 5.40. The molecule has 0 saturated carbocycles. The molecule has 4 aromatic rings. The van der Waals surface area contributed by atoms with Crippen LogP contribution in [0.5, 0.6) is 11.6 Å². The van der Waals surface area contributed by atoms with Crippen LogP contribution in [0.1, 0.15) is 29.3 Å². The molecule has 38 heavy (non-hydrogen) atoms. The van der Waals surface area contributed by atoms with E-state index in [0.717, 1.165) is 10.9 Å². The Bertz CT molecular complexity index is 1560. The van der Waals surface area contributed by atoms with Crippen LogP contribution in [0.15, 0.2) is 68.7 Å². The lowest BCUT2D eigenvalue weighted by molar-refractivity contribution is -0.0460. The van der Waals surface area contributed by atoms with Crippen molar-refractivity contribution < 1.29 is 28.8 Å². The van der Waals surface area contributed by atoms with Crippen LogP contribution >= 0.6 is 0 Å². The molecule has 3 heterocycles. The lowest BCUT2D eigenvalue weighted by Gasteiger charge is -2.16. The van der Waals surface area contributed by atoms with Crippen molar-refractivity contribution in [3.63, 3.8) is 0 Å². The van der Waals surface area contributed by atoms with Crippen molar-refractivity contribution >= 4 is 16.7 Å². The molecule has 4 N–H and O–H groups in total. The number of hydrogen-bond donors (Lipinski definition) is 3. The van der Waals surface area contributed by atoms with Gasteiger partial charge in [-0.3, -0.25) is 4.57 Å². The van der Waals surface area contributed by atoms with Gasteiger partial charge in [0.2, 0.25) is 5.88 Å². The number of nitrogens with zero attached hydrogens (tertiary/aromatic N) is 2. The molecule has 1 fully saturated rings. The monoisotopic (exact) mass is 521 g/mol. The molecule has 198 valence electrons. The summed E-state index contributed by atoms with van der Waals surface area (Å²) in [5.41, 5.74) is 7.77. The van der Waals surface area contributed by atoms with Gasteiger partial charge in [-0.05, 0) is 36.8 Å². The SMILES string of the molecule is Cc1cn(C2CC(O)C(CO)O2)c(=O)nc1OCc1ccc(OCc2cc(=O)oc3cc(N)ccc23)cc1. The summed E-state index contributed by atoms with van der Waals surface area (Å²) >= 11 is 0. The van der Waals surface area contributed by atoms with Gasteiger partial charge in [-0.2, -0.15) is 4.98 Å². The number of rotatable bonds is 8. The number of benzene rings is 2. The van der Waals surface area contributed by atoms with Gasteiger partial charge in [0.05, 0.1) is 12.7 Å². The summed E-state index contributed by atoms with van der Waals surface area (Å²) in [7, 11) is 0. The summed E-state index contributed by atoms with van der Waals surface area (Å²) in [5, 5.41) is 20.0. The maximum atomic E-state index is 12.5. The number of hydrogen-bond acceptors (Lipinski definition) is 10. The first-order chi connectivity index (χ1) is 18.3. The molecule has 0 aliphatic carbocycles. The molecule has 2 aromatic heterocycles. The van der Waals surface area contributed by atoms with Crippen molar-refractivity contribution in [1.82, 2.24) is 9.55 Å². The zero-order chi connectivity index (χ0) is 26.8. The molecule has 2 aromatic carbocycles. The molecule has 1 saturated heterocycles. The number of aryl methyl sites for hydroxylation is 1. The highest BCUT2D eigenvalue weighted by molar-refractivity contribution is 5.82. The van der Waals surface area contributed by atoms with Crippen molar-refractivity contribution in [3.05, 3.63) is 92.3 Å². The van der Waals surface area contributed by atoms with Gasteiger partial charge in [0.15, 0.2) is 0 Å². The Morgan fingerprint density at radius 1 is 1.11 bits per heavy atom. The number of aliphatic hydroxyl groups excluding tert-OH is 2. The van der Waals surface area contributed by atoms with Crippen LogP contribution in [0, 0.1) is 6.92 Å². The number of fused-ring (bicyclic) bond motifs is 1. The van der Waals surface area contributed by atoms with Crippen LogP contribution in [0.2, 0.25) is 0 Å². The third-order valence-electron chi connectivity index (χ3n) is 6.33. The maximum absolute atomic E-state index is 12.5. The van der Waals surface area contributed by atoms with Gasteiger partial charge in [0, 0.05) is 47.0 Å². The molecule has 0 spiro atoms. The lowest BCUT2D eigenvalue weighted by Crippen LogP contribution is -2.28. The molecule has 1 aliphatic rings. The van der Waals surface area contributed by atoms with E-state index in [0.29, 0.717) is 28.1 Å². The normalized spacial score (nSPS) is 19.1. The van der Waals surface area contributed by atoms with Gasteiger partial charge in [-0.15, -0.1) is 0 Å². The summed E-state index contributed by atoms with van der Waals surface area (Å²) in [6.07, 6.45) is -0.541. The van der Waals surface area contributed by atoms with E-state index in [1.165, 1.54) is 10.6 Å². The van der Waals surface area contributed by atoms with Gasteiger partial charge >= 0.3 is 11.3 Å². The first-order valence-electron chi connectivity index (χ1n) is 12.0. The molecule has 11 nitrogen and oxygen atoms in total. The summed E-state index contributed by atoms with van der Waals surface area (Å²) in [6.45, 7) is 1.77. The molecule has 3 atom stereocenters. The Hall–Kier alpha value is -4.19. The van der Waals surface area contributed by atoms with Gasteiger partial charge in [0.25, 0.3) is 0 Å². The number of aliphatic hydroxyl groups is 2. The molecule has 0 radical (unpaired) electrons. The fourth-order valence-corrected chi connectivity index (χ4v) is 4.32. The minimum absolute atomic E-state index is 0.169. The van der Waals surface area contributed by atoms with E-state index < -0.39 is 29.8 Å². The molecule has 3 unspecified atom stereocenters.